The van der Waals surface area contributed by atoms with Crippen molar-refractivity contribution in [3.8, 4) is 17.1 Å². The number of carbonyl (C=O) groups excluding carboxylic acids is 1. The van der Waals surface area contributed by atoms with Crippen LogP contribution in [-0.2, 0) is 0 Å². The largest absolute Gasteiger partial charge is 0.340 e. The number of rotatable bonds is 5. The molecule has 3 aromatic heterocycles. The van der Waals surface area contributed by atoms with Gasteiger partial charge in [0.25, 0.3) is 12.3 Å². The topological polar surface area (TPSA) is 75.6 Å². The van der Waals surface area contributed by atoms with Crippen LogP contribution in [0.2, 0.25) is 0 Å². The number of H-pyrrole nitrogens is 1. The third-order valence-electron chi connectivity index (χ3n) is 5.07. The zero-order chi connectivity index (χ0) is 22.1. The molecular weight excluding hydrogens is 412 g/mol. The maximum Gasteiger partial charge on any atom is 0.282 e. The van der Waals surface area contributed by atoms with E-state index in [4.69, 9.17) is 0 Å². The van der Waals surface area contributed by atoms with Crippen molar-refractivity contribution in [3.63, 3.8) is 0 Å². The fourth-order valence-electron chi connectivity index (χ4n) is 3.56. The lowest BCUT2D eigenvalue weighted by Crippen LogP contribution is -2.14. The number of anilines is 1. The zero-order valence-corrected chi connectivity index (χ0v) is 16.7. The summed E-state index contributed by atoms with van der Waals surface area (Å²) in [6, 6.07) is 21.8. The Morgan fingerprint density at radius 1 is 1.00 bits per heavy atom. The summed E-state index contributed by atoms with van der Waals surface area (Å²) < 4.78 is 28.7. The third kappa shape index (κ3) is 3.62. The second-order valence-electron chi connectivity index (χ2n) is 7.13. The van der Waals surface area contributed by atoms with Crippen molar-refractivity contribution in [2.75, 3.05) is 5.32 Å². The molecule has 0 bridgehead atoms. The van der Waals surface area contributed by atoms with Gasteiger partial charge in [0.05, 0.1) is 16.9 Å². The van der Waals surface area contributed by atoms with Gasteiger partial charge >= 0.3 is 0 Å². The van der Waals surface area contributed by atoms with Gasteiger partial charge in [-0.25, -0.2) is 13.5 Å². The quantitative estimate of drug-likeness (QED) is 0.382. The first-order chi connectivity index (χ1) is 15.6. The highest BCUT2D eigenvalue weighted by Gasteiger charge is 2.25. The van der Waals surface area contributed by atoms with Crippen molar-refractivity contribution in [1.82, 2.24) is 19.7 Å². The van der Waals surface area contributed by atoms with Gasteiger partial charge in [-0.05, 0) is 30.3 Å². The number of nitrogens with zero attached hydrogens (tertiary/aromatic N) is 3. The van der Waals surface area contributed by atoms with Gasteiger partial charge in [-0.15, -0.1) is 0 Å². The Hall–Kier alpha value is -4.33. The standard InChI is InChI=1S/C24H17F2N5O/c25-23(26)22-17(14-31(30-22)21-13-15-7-1-3-9-18(15)28-21)24(32)29-20-11-4-2-8-16(20)19-10-5-6-12-27-19/h1-14,23,28H,(H,29,32). The van der Waals surface area contributed by atoms with Crippen LogP contribution in [0.25, 0.3) is 28.0 Å². The molecule has 0 unspecified atom stereocenters. The van der Waals surface area contributed by atoms with Crippen LogP contribution in [0, 0.1) is 0 Å². The van der Waals surface area contributed by atoms with Gasteiger partial charge < -0.3 is 10.3 Å². The van der Waals surface area contributed by atoms with Gasteiger partial charge in [0.1, 0.15) is 11.5 Å². The van der Waals surface area contributed by atoms with Gasteiger partial charge in [-0.2, -0.15) is 5.10 Å². The number of para-hydroxylation sites is 2. The van der Waals surface area contributed by atoms with E-state index in [0.717, 1.165) is 10.9 Å². The number of pyridine rings is 1. The molecule has 0 spiro atoms. The van der Waals surface area contributed by atoms with Crippen LogP contribution in [0.15, 0.2) is 85.2 Å². The third-order valence-corrected chi connectivity index (χ3v) is 5.07. The average molecular weight is 429 g/mol. The Bertz CT molecular complexity index is 1380. The van der Waals surface area contributed by atoms with Crippen molar-refractivity contribution in [1.29, 1.82) is 0 Å². The summed E-state index contributed by atoms with van der Waals surface area (Å²) in [5.74, 6) is -0.188. The SMILES string of the molecule is O=C(Nc1ccccc1-c1ccccn1)c1cn(-c2cc3ccccc3[nH]2)nc1C(F)F. The van der Waals surface area contributed by atoms with Crippen molar-refractivity contribution >= 4 is 22.5 Å². The van der Waals surface area contributed by atoms with Crippen LogP contribution in [0.1, 0.15) is 22.5 Å². The number of hydrogen-bond acceptors (Lipinski definition) is 3. The van der Waals surface area contributed by atoms with E-state index in [9.17, 15) is 13.6 Å². The lowest BCUT2D eigenvalue weighted by molar-refractivity contribution is 0.101. The molecule has 0 aliphatic rings. The summed E-state index contributed by atoms with van der Waals surface area (Å²) in [6.45, 7) is 0. The van der Waals surface area contributed by atoms with Gasteiger partial charge in [0.15, 0.2) is 0 Å². The van der Waals surface area contributed by atoms with Gasteiger partial charge in [-0.3, -0.25) is 9.78 Å². The van der Waals surface area contributed by atoms with E-state index in [-0.39, 0.29) is 5.56 Å². The molecule has 0 saturated heterocycles. The van der Waals surface area contributed by atoms with Gasteiger partial charge in [0, 0.05) is 28.9 Å². The number of hydrogen-bond donors (Lipinski definition) is 2. The number of alkyl halides is 2. The number of nitrogens with one attached hydrogen (secondary N) is 2. The van der Waals surface area contributed by atoms with Gasteiger partial charge in [0.2, 0.25) is 0 Å². The monoisotopic (exact) mass is 429 g/mol. The second-order valence-corrected chi connectivity index (χ2v) is 7.13. The smallest absolute Gasteiger partial charge is 0.282 e. The second kappa shape index (κ2) is 8.07. The minimum absolute atomic E-state index is 0.200. The Morgan fingerprint density at radius 2 is 1.78 bits per heavy atom. The normalized spacial score (nSPS) is 11.2. The van der Waals surface area contributed by atoms with Crippen LogP contribution in [0.4, 0.5) is 14.5 Å². The first kappa shape index (κ1) is 19.6. The molecule has 0 aliphatic heterocycles. The van der Waals surface area contributed by atoms with E-state index in [1.165, 1.54) is 10.9 Å². The minimum atomic E-state index is -2.91. The van der Waals surface area contributed by atoms with E-state index in [1.54, 1.807) is 36.5 Å². The zero-order valence-electron chi connectivity index (χ0n) is 16.7. The highest BCUT2D eigenvalue weighted by Crippen LogP contribution is 2.29. The van der Waals surface area contributed by atoms with E-state index >= 15 is 0 Å². The minimum Gasteiger partial charge on any atom is -0.340 e. The molecule has 0 saturated carbocycles. The molecule has 5 aromatic rings. The number of aromatic amines is 1. The molecule has 32 heavy (non-hydrogen) atoms. The van der Waals surface area contributed by atoms with Crippen LogP contribution in [0.5, 0.6) is 0 Å². The molecule has 2 N–H and O–H groups in total. The maximum absolute atomic E-state index is 13.7. The Morgan fingerprint density at radius 3 is 2.56 bits per heavy atom. The van der Waals surface area contributed by atoms with Crippen molar-refractivity contribution in [2.24, 2.45) is 0 Å². The number of benzene rings is 2. The van der Waals surface area contributed by atoms with E-state index < -0.39 is 18.0 Å². The molecule has 2 aromatic carbocycles. The molecule has 0 aliphatic carbocycles. The molecule has 8 heteroatoms. The first-order valence-electron chi connectivity index (χ1n) is 9.88. The van der Waals surface area contributed by atoms with Crippen LogP contribution < -0.4 is 5.32 Å². The highest BCUT2D eigenvalue weighted by molar-refractivity contribution is 6.06. The molecule has 0 fully saturated rings. The molecule has 3 heterocycles. The number of fused-ring (bicyclic) bond motifs is 1. The molecule has 6 nitrogen and oxygen atoms in total. The van der Waals surface area contributed by atoms with Crippen molar-refractivity contribution < 1.29 is 13.6 Å². The highest BCUT2D eigenvalue weighted by atomic mass is 19.3. The van der Waals surface area contributed by atoms with Crippen molar-refractivity contribution in [2.45, 2.75) is 6.43 Å². The summed E-state index contributed by atoms with van der Waals surface area (Å²) in [5.41, 5.74) is 1.86. The molecule has 158 valence electrons. The summed E-state index contributed by atoms with van der Waals surface area (Å²) >= 11 is 0. The number of amides is 1. The maximum atomic E-state index is 13.7. The lowest BCUT2D eigenvalue weighted by Gasteiger charge is -2.10. The molecule has 5 rings (SSSR count). The number of carbonyl (C=O) groups is 1. The first-order valence-corrected chi connectivity index (χ1v) is 9.88. The van der Waals surface area contributed by atoms with E-state index in [0.29, 0.717) is 22.8 Å². The average Bonchev–Trinajstić information content (AvgIpc) is 3.45. The molecule has 0 radical (unpaired) electrons. The van der Waals surface area contributed by atoms with Crippen LogP contribution >= 0.6 is 0 Å². The number of halogens is 2. The summed E-state index contributed by atoms with van der Waals surface area (Å²) in [7, 11) is 0. The van der Waals surface area contributed by atoms with Gasteiger partial charge in [-0.1, -0.05) is 42.5 Å². The fourth-order valence-corrected chi connectivity index (χ4v) is 3.56. The summed E-state index contributed by atoms with van der Waals surface area (Å²) in [4.78, 5) is 20.4. The molecular formula is C24H17F2N5O. The Kier molecular flexibility index (Phi) is 4.95. The Balaban J connectivity index is 1.51. The fraction of sp³-hybridized carbons (Fsp3) is 0.0417. The predicted octanol–water partition coefficient (Wildman–Crippen LogP) is 5.61. The van der Waals surface area contributed by atoms with Crippen LogP contribution in [-0.4, -0.2) is 25.7 Å². The Labute approximate surface area is 181 Å². The van der Waals surface area contributed by atoms with Crippen molar-refractivity contribution in [3.05, 3.63) is 96.4 Å². The van der Waals surface area contributed by atoms with E-state index in [2.05, 4.69) is 20.4 Å². The summed E-state index contributed by atoms with van der Waals surface area (Å²) in [6.07, 6.45) is 0.0467. The van der Waals surface area contributed by atoms with E-state index in [1.807, 2.05) is 42.5 Å². The molecule has 1 amide bonds. The molecule has 0 atom stereocenters. The summed E-state index contributed by atoms with van der Waals surface area (Å²) in [5, 5.41) is 7.63. The predicted molar refractivity (Wildman–Crippen MR) is 118 cm³/mol. The number of aromatic nitrogens is 4. The van der Waals surface area contributed by atoms with Crippen LogP contribution in [0.3, 0.4) is 0 Å². The lowest BCUT2D eigenvalue weighted by atomic mass is 10.1.